The van der Waals surface area contributed by atoms with Gasteiger partial charge in [0.25, 0.3) is 0 Å². The van der Waals surface area contributed by atoms with Crippen molar-refractivity contribution in [2.24, 2.45) is 7.05 Å². The first-order valence-corrected chi connectivity index (χ1v) is 5.99. The lowest BCUT2D eigenvalue weighted by Gasteiger charge is -2.03. The Morgan fingerprint density at radius 3 is 2.56 bits per heavy atom. The molecule has 1 N–H and O–H groups in total. The van der Waals surface area contributed by atoms with Crippen LogP contribution in [0.3, 0.4) is 0 Å². The lowest BCUT2D eigenvalue weighted by molar-refractivity contribution is 0.959. The molecule has 0 unspecified atom stereocenters. The van der Waals surface area contributed by atoms with Gasteiger partial charge >= 0.3 is 0 Å². The number of rotatable bonds is 2. The third-order valence-electron chi connectivity index (χ3n) is 3.20. The Morgan fingerprint density at radius 2 is 1.83 bits per heavy atom. The summed E-state index contributed by atoms with van der Waals surface area (Å²) in [6, 6.07) is 16.5. The van der Waals surface area contributed by atoms with Gasteiger partial charge in [0, 0.05) is 25.3 Å². The largest absolute Gasteiger partial charge is 0.388 e. The van der Waals surface area contributed by atoms with Crippen molar-refractivity contribution in [1.29, 1.82) is 0 Å². The van der Waals surface area contributed by atoms with Crippen molar-refractivity contribution in [2.45, 2.75) is 0 Å². The van der Waals surface area contributed by atoms with Gasteiger partial charge in [0.2, 0.25) is 0 Å². The fourth-order valence-electron chi connectivity index (χ4n) is 2.19. The van der Waals surface area contributed by atoms with E-state index in [9.17, 15) is 0 Å². The predicted molar refractivity (Wildman–Crippen MR) is 75.7 cm³/mol. The van der Waals surface area contributed by atoms with E-state index in [1.54, 1.807) is 0 Å². The molecule has 0 radical (unpaired) electrons. The molecule has 0 aliphatic rings. The highest BCUT2D eigenvalue weighted by Gasteiger charge is 2.09. The fraction of sp³-hybridized carbons (Fsp3) is 0.133. The van der Waals surface area contributed by atoms with Gasteiger partial charge in [0.15, 0.2) is 0 Å². The van der Waals surface area contributed by atoms with Crippen LogP contribution in [0.4, 0.5) is 5.69 Å². The molecule has 0 aliphatic heterocycles. The monoisotopic (exact) mass is 237 g/mol. The minimum atomic E-state index is 0.999. The molecule has 18 heavy (non-hydrogen) atoms. The van der Waals surface area contributed by atoms with E-state index >= 15 is 0 Å². The minimum Gasteiger partial charge on any atom is -0.388 e. The van der Waals surface area contributed by atoms with Crippen molar-refractivity contribution in [3.8, 4) is 11.4 Å². The van der Waals surface area contributed by atoms with Gasteiger partial charge in [0.1, 0.15) is 5.82 Å². The molecular formula is C15H15N3. The molecule has 1 heterocycles. The standard InChI is InChI=1S/C15H15N3/c1-16-12-8-9-13-14(10-12)18(2)15(17-13)11-6-4-3-5-7-11/h3-10,16H,1-2H3. The molecule has 1 aromatic heterocycles. The average Bonchev–Trinajstić information content (AvgIpc) is 2.77. The highest BCUT2D eigenvalue weighted by Crippen LogP contribution is 2.25. The number of fused-ring (bicyclic) bond motifs is 1. The molecule has 0 spiro atoms. The predicted octanol–water partition coefficient (Wildman–Crippen LogP) is 3.28. The molecule has 0 amide bonds. The third-order valence-corrected chi connectivity index (χ3v) is 3.20. The molecule has 3 nitrogen and oxygen atoms in total. The third kappa shape index (κ3) is 1.64. The Kier molecular flexibility index (Phi) is 2.52. The van der Waals surface area contributed by atoms with E-state index in [1.807, 2.05) is 37.4 Å². The quantitative estimate of drug-likeness (QED) is 0.741. The first-order chi connectivity index (χ1) is 8.79. The second-order valence-corrected chi connectivity index (χ2v) is 4.31. The summed E-state index contributed by atoms with van der Waals surface area (Å²) in [6.07, 6.45) is 0. The van der Waals surface area contributed by atoms with Crippen LogP contribution in [-0.4, -0.2) is 16.6 Å². The molecule has 3 rings (SSSR count). The smallest absolute Gasteiger partial charge is 0.140 e. The molecule has 2 aromatic carbocycles. The van der Waals surface area contributed by atoms with Crippen LogP contribution in [0, 0.1) is 0 Å². The van der Waals surface area contributed by atoms with Gasteiger partial charge in [0.05, 0.1) is 11.0 Å². The first-order valence-electron chi connectivity index (χ1n) is 5.99. The first kappa shape index (κ1) is 10.8. The number of hydrogen-bond acceptors (Lipinski definition) is 2. The van der Waals surface area contributed by atoms with Crippen LogP contribution in [0.2, 0.25) is 0 Å². The summed E-state index contributed by atoms with van der Waals surface area (Å²) in [6.45, 7) is 0. The summed E-state index contributed by atoms with van der Waals surface area (Å²) in [5.41, 5.74) is 4.41. The molecular weight excluding hydrogens is 222 g/mol. The van der Waals surface area contributed by atoms with E-state index in [4.69, 9.17) is 4.98 Å². The van der Waals surface area contributed by atoms with Crippen molar-refractivity contribution >= 4 is 16.7 Å². The van der Waals surface area contributed by atoms with E-state index in [-0.39, 0.29) is 0 Å². The molecule has 0 saturated heterocycles. The van der Waals surface area contributed by atoms with Crippen LogP contribution in [0.1, 0.15) is 0 Å². The number of hydrogen-bond donors (Lipinski definition) is 1. The van der Waals surface area contributed by atoms with Crippen LogP contribution in [0.5, 0.6) is 0 Å². The van der Waals surface area contributed by atoms with Gasteiger partial charge in [-0.1, -0.05) is 30.3 Å². The van der Waals surface area contributed by atoms with Gasteiger partial charge in [-0.3, -0.25) is 0 Å². The topological polar surface area (TPSA) is 29.9 Å². The van der Waals surface area contributed by atoms with Crippen molar-refractivity contribution in [1.82, 2.24) is 9.55 Å². The Morgan fingerprint density at radius 1 is 1.06 bits per heavy atom. The van der Waals surface area contributed by atoms with Gasteiger partial charge in [-0.2, -0.15) is 0 Å². The van der Waals surface area contributed by atoms with Gasteiger partial charge in [-0.05, 0) is 18.2 Å². The van der Waals surface area contributed by atoms with E-state index in [2.05, 4.69) is 35.1 Å². The maximum atomic E-state index is 4.69. The summed E-state index contributed by atoms with van der Waals surface area (Å²) < 4.78 is 2.13. The van der Waals surface area contributed by atoms with Gasteiger partial charge in [-0.15, -0.1) is 0 Å². The zero-order valence-corrected chi connectivity index (χ0v) is 10.5. The lowest BCUT2D eigenvalue weighted by Crippen LogP contribution is -1.93. The molecule has 0 fully saturated rings. The number of anilines is 1. The molecule has 0 saturated carbocycles. The Hall–Kier alpha value is -2.29. The van der Waals surface area contributed by atoms with Gasteiger partial charge in [-0.25, -0.2) is 4.98 Å². The summed E-state index contributed by atoms with van der Waals surface area (Å²) in [7, 11) is 3.98. The number of aromatic nitrogens is 2. The van der Waals surface area contributed by atoms with Crippen LogP contribution < -0.4 is 5.32 Å². The summed E-state index contributed by atoms with van der Waals surface area (Å²) in [5, 5.41) is 3.15. The lowest BCUT2D eigenvalue weighted by atomic mass is 10.2. The SMILES string of the molecule is CNc1ccc2nc(-c3ccccc3)n(C)c2c1. The summed E-state index contributed by atoms with van der Waals surface area (Å²) >= 11 is 0. The van der Waals surface area contributed by atoms with Crippen molar-refractivity contribution in [2.75, 3.05) is 12.4 Å². The Bertz CT molecular complexity index is 684. The van der Waals surface area contributed by atoms with E-state index in [1.165, 1.54) is 0 Å². The minimum absolute atomic E-state index is 0.999. The van der Waals surface area contributed by atoms with Crippen LogP contribution >= 0.6 is 0 Å². The fourth-order valence-corrected chi connectivity index (χ4v) is 2.19. The zero-order chi connectivity index (χ0) is 12.5. The molecule has 0 bridgehead atoms. The second-order valence-electron chi connectivity index (χ2n) is 4.31. The summed E-state index contributed by atoms with van der Waals surface area (Å²) in [5.74, 6) is 0.999. The maximum absolute atomic E-state index is 4.69. The second kappa shape index (κ2) is 4.18. The number of imidazole rings is 1. The Labute approximate surface area is 106 Å². The van der Waals surface area contributed by atoms with Crippen molar-refractivity contribution in [3.05, 3.63) is 48.5 Å². The Balaban J connectivity index is 2.23. The maximum Gasteiger partial charge on any atom is 0.140 e. The summed E-state index contributed by atoms with van der Waals surface area (Å²) in [4.78, 5) is 4.69. The normalized spacial score (nSPS) is 10.8. The van der Waals surface area contributed by atoms with E-state index in [0.717, 1.165) is 28.1 Å². The number of benzene rings is 2. The number of aryl methyl sites for hydroxylation is 1. The average molecular weight is 237 g/mol. The van der Waals surface area contributed by atoms with Crippen molar-refractivity contribution in [3.63, 3.8) is 0 Å². The zero-order valence-electron chi connectivity index (χ0n) is 10.5. The van der Waals surface area contributed by atoms with Crippen molar-refractivity contribution < 1.29 is 0 Å². The van der Waals surface area contributed by atoms with Crippen LogP contribution in [-0.2, 0) is 7.05 Å². The molecule has 0 aliphatic carbocycles. The molecule has 3 aromatic rings. The highest BCUT2D eigenvalue weighted by molar-refractivity contribution is 5.83. The van der Waals surface area contributed by atoms with Crippen LogP contribution in [0.25, 0.3) is 22.4 Å². The van der Waals surface area contributed by atoms with Gasteiger partial charge < -0.3 is 9.88 Å². The molecule has 90 valence electrons. The van der Waals surface area contributed by atoms with E-state index < -0.39 is 0 Å². The number of nitrogens with one attached hydrogen (secondary N) is 1. The number of nitrogens with zero attached hydrogens (tertiary/aromatic N) is 2. The molecule has 0 atom stereocenters. The van der Waals surface area contributed by atoms with E-state index in [0.29, 0.717) is 0 Å². The van der Waals surface area contributed by atoms with Crippen LogP contribution in [0.15, 0.2) is 48.5 Å². The highest BCUT2D eigenvalue weighted by atomic mass is 15.1. The molecule has 3 heteroatoms.